The van der Waals surface area contributed by atoms with Crippen molar-refractivity contribution in [2.75, 3.05) is 18.5 Å². The summed E-state index contributed by atoms with van der Waals surface area (Å²) < 4.78 is 5.54. The van der Waals surface area contributed by atoms with E-state index in [1.807, 2.05) is 30.3 Å². The Hall–Kier alpha value is -2.08. The summed E-state index contributed by atoms with van der Waals surface area (Å²) in [7, 11) is 0. The van der Waals surface area contributed by atoms with Gasteiger partial charge < -0.3 is 15.2 Å². The van der Waals surface area contributed by atoms with E-state index in [9.17, 15) is 4.79 Å². The van der Waals surface area contributed by atoms with Crippen LogP contribution < -0.4 is 10.1 Å². The summed E-state index contributed by atoms with van der Waals surface area (Å²) in [6.07, 6.45) is 0.816. The highest BCUT2D eigenvalue weighted by molar-refractivity contribution is 7.13. The summed E-state index contributed by atoms with van der Waals surface area (Å²) in [4.78, 5) is 14.6. The van der Waals surface area contributed by atoms with E-state index in [1.54, 1.807) is 0 Å². The molecule has 0 radical (unpaired) electrons. The standard InChI is InChI=1S/C13H14N2O3S/c16-12(17)11-9-19-13(15-11)14-7-4-8-18-10-5-2-1-3-6-10/h1-3,5-6,9H,4,7-8H2,(H,14,15)(H,16,17). The van der Waals surface area contributed by atoms with Gasteiger partial charge in [-0.25, -0.2) is 9.78 Å². The molecule has 0 spiro atoms. The fraction of sp³-hybridized carbons (Fsp3) is 0.231. The number of carboxylic acid groups (broad SMARTS) is 1. The van der Waals surface area contributed by atoms with Gasteiger partial charge in [0.25, 0.3) is 0 Å². The number of nitrogens with zero attached hydrogens (tertiary/aromatic N) is 1. The fourth-order valence-corrected chi connectivity index (χ4v) is 2.14. The number of benzene rings is 1. The molecule has 0 aliphatic rings. The van der Waals surface area contributed by atoms with Gasteiger partial charge in [-0.1, -0.05) is 18.2 Å². The third-order valence-electron chi connectivity index (χ3n) is 2.33. The summed E-state index contributed by atoms with van der Waals surface area (Å²) in [6, 6.07) is 9.62. The summed E-state index contributed by atoms with van der Waals surface area (Å²) in [5.74, 6) is -0.151. The van der Waals surface area contributed by atoms with Crippen LogP contribution in [-0.2, 0) is 0 Å². The van der Waals surface area contributed by atoms with Crippen molar-refractivity contribution in [1.82, 2.24) is 4.98 Å². The van der Waals surface area contributed by atoms with E-state index >= 15 is 0 Å². The quantitative estimate of drug-likeness (QED) is 0.762. The van der Waals surface area contributed by atoms with Crippen molar-refractivity contribution < 1.29 is 14.6 Å². The number of thiazole rings is 1. The lowest BCUT2D eigenvalue weighted by Crippen LogP contribution is -2.07. The van der Waals surface area contributed by atoms with E-state index in [0.29, 0.717) is 18.3 Å². The highest BCUT2D eigenvalue weighted by atomic mass is 32.1. The first-order valence-corrected chi connectivity index (χ1v) is 6.74. The average Bonchev–Trinajstić information content (AvgIpc) is 2.89. The first-order valence-electron chi connectivity index (χ1n) is 5.86. The van der Waals surface area contributed by atoms with Crippen LogP contribution in [0.25, 0.3) is 0 Å². The van der Waals surface area contributed by atoms with E-state index in [1.165, 1.54) is 16.7 Å². The topological polar surface area (TPSA) is 71.5 Å². The van der Waals surface area contributed by atoms with Gasteiger partial charge in [-0.15, -0.1) is 11.3 Å². The van der Waals surface area contributed by atoms with Crippen molar-refractivity contribution >= 4 is 22.4 Å². The van der Waals surface area contributed by atoms with Crippen molar-refractivity contribution in [3.05, 3.63) is 41.4 Å². The molecule has 6 heteroatoms. The minimum Gasteiger partial charge on any atom is -0.494 e. The van der Waals surface area contributed by atoms with E-state index in [2.05, 4.69) is 10.3 Å². The third kappa shape index (κ3) is 4.26. The second-order valence-electron chi connectivity index (χ2n) is 3.78. The molecule has 1 heterocycles. The predicted molar refractivity (Wildman–Crippen MR) is 74.1 cm³/mol. The van der Waals surface area contributed by atoms with Crippen LogP contribution in [0.5, 0.6) is 5.75 Å². The molecule has 5 nitrogen and oxygen atoms in total. The lowest BCUT2D eigenvalue weighted by molar-refractivity contribution is 0.0691. The van der Waals surface area contributed by atoms with Crippen LogP contribution in [0.15, 0.2) is 35.7 Å². The number of carboxylic acids is 1. The monoisotopic (exact) mass is 278 g/mol. The molecular formula is C13H14N2O3S. The lowest BCUT2D eigenvalue weighted by Gasteiger charge is -2.06. The Balaban J connectivity index is 1.65. The molecule has 0 aliphatic heterocycles. The Labute approximate surface area is 114 Å². The maximum Gasteiger partial charge on any atom is 0.355 e. The fourth-order valence-electron chi connectivity index (χ4n) is 1.43. The van der Waals surface area contributed by atoms with Crippen LogP contribution in [0.2, 0.25) is 0 Å². The summed E-state index contributed by atoms with van der Waals surface area (Å²) in [5, 5.41) is 13.9. The Morgan fingerprint density at radius 1 is 1.37 bits per heavy atom. The molecule has 1 aromatic carbocycles. The maximum absolute atomic E-state index is 10.6. The van der Waals surface area contributed by atoms with Crippen LogP contribution >= 0.6 is 11.3 Å². The number of rotatable bonds is 7. The van der Waals surface area contributed by atoms with E-state index in [-0.39, 0.29) is 5.69 Å². The summed E-state index contributed by atoms with van der Waals surface area (Å²) in [5.41, 5.74) is 0.0769. The molecule has 2 aromatic rings. The Kier molecular flexibility index (Phi) is 4.74. The zero-order chi connectivity index (χ0) is 13.5. The molecule has 0 saturated carbocycles. The number of hydrogen-bond donors (Lipinski definition) is 2. The third-order valence-corrected chi connectivity index (χ3v) is 3.13. The van der Waals surface area contributed by atoms with E-state index < -0.39 is 5.97 Å². The average molecular weight is 278 g/mol. The number of aromatic nitrogens is 1. The van der Waals surface area contributed by atoms with Crippen molar-refractivity contribution in [2.45, 2.75) is 6.42 Å². The molecule has 2 rings (SSSR count). The molecule has 2 N–H and O–H groups in total. The Morgan fingerprint density at radius 2 is 2.16 bits per heavy atom. The van der Waals surface area contributed by atoms with Gasteiger partial charge in [0.05, 0.1) is 6.61 Å². The summed E-state index contributed by atoms with van der Waals surface area (Å²) in [6.45, 7) is 1.30. The lowest BCUT2D eigenvalue weighted by atomic mass is 10.3. The maximum atomic E-state index is 10.6. The zero-order valence-electron chi connectivity index (χ0n) is 10.2. The van der Waals surface area contributed by atoms with Crippen molar-refractivity contribution in [3.8, 4) is 5.75 Å². The second kappa shape index (κ2) is 6.75. The number of para-hydroxylation sites is 1. The number of anilines is 1. The summed E-state index contributed by atoms with van der Waals surface area (Å²) >= 11 is 1.29. The molecule has 1 aromatic heterocycles. The van der Waals surface area contributed by atoms with Gasteiger partial charge in [-0.2, -0.15) is 0 Å². The van der Waals surface area contributed by atoms with Gasteiger partial charge in [-0.3, -0.25) is 0 Å². The largest absolute Gasteiger partial charge is 0.494 e. The number of hydrogen-bond acceptors (Lipinski definition) is 5. The Bertz CT molecular complexity index is 528. The zero-order valence-corrected chi connectivity index (χ0v) is 11.0. The van der Waals surface area contributed by atoms with Gasteiger partial charge >= 0.3 is 5.97 Å². The van der Waals surface area contributed by atoms with E-state index in [0.717, 1.165) is 12.2 Å². The van der Waals surface area contributed by atoms with Gasteiger partial charge in [0.15, 0.2) is 10.8 Å². The second-order valence-corrected chi connectivity index (χ2v) is 4.64. The van der Waals surface area contributed by atoms with Crippen LogP contribution in [0.3, 0.4) is 0 Å². The van der Waals surface area contributed by atoms with Gasteiger partial charge in [0, 0.05) is 11.9 Å². The molecule has 0 fully saturated rings. The number of ether oxygens (including phenoxy) is 1. The molecule has 0 unspecified atom stereocenters. The van der Waals surface area contributed by atoms with Gasteiger partial charge in [0.2, 0.25) is 0 Å². The first-order chi connectivity index (χ1) is 9.25. The highest BCUT2D eigenvalue weighted by Gasteiger charge is 2.07. The molecule has 0 bridgehead atoms. The predicted octanol–water partition coefficient (Wildman–Crippen LogP) is 2.72. The molecule has 19 heavy (non-hydrogen) atoms. The minimum atomic E-state index is -1.00. The van der Waals surface area contributed by atoms with Crippen molar-refractivity contribution in [2.24, 2.45) is 0 Å². The van der Waals surface area contributed by atoms with E-state index in [4.69, 9.17) is 9.84 Å². The van der Waals surface area contributed by atoms with Crippen molar-refractivity contribution in [1.29, 1.82) is 0 Å². The Morgan fingerprint density at radius 3 is 2.84 bits per heavy atom. The minimum absolute atomic E-state index is 0.0769. The number of nitrogens with one attached hydrogen (secondary N) is 1. The molecule has 0 aliphatic carbocycles. The van der Waals surface area contributed by atoms with Gasteiger partial charge in [0.1, 0.15) is 5.75 Å². The van der Waals surface area contributed by atoms with Crippen LogP contribution in [0, 0.1) is 0 Å². The number of aromatic carboxylic acids is 1. The normalized spacial score (nSPS) is 10.1. The molecule has 100 valence electrons. The van der Waals surface area contributed by atoms with Crippen LogP contribution in [-0.4, -0.2) is 29.2 Å². The smallest absolute Gasteiger partial charge is 0.355 e. The van der Waals surface area contributed by atoms with Crippen LogP contribution in [0.4, 0.5) is 5.13 Å². The molecule has 0 atom stereocenters. The molecule has 0 amide bonds. The SMILES string of the molecule is O=C(O)c1csc(NCCCOc2ccccc2)n1. The molecule has 0 saturated heterocycles. The van der Waals surface area contributed by atoms with Crippen molar-refractivity contribution in [3.63, 3.8) is 0 Å². The highest BCUT2D eigenvalue weighted by Crippen LogP contribution is 2.15. The number of carbonyl (C=O) groups is 1. The van der Waals surface area contributed by atoms with Crippen LogP contribution in [0.1, 0.15) is 16.9 Å². The van der Waals surface area contributed by atoms with Gasteiger partial charge in [-0.05, 0) is 18.6 Å². The first kappa shape index (κ1) is 13.4. The molecular weight excluding hydrogens is 264 g/mol.